The van der Waals surface area contributed by atoms with Gasteiger partial charge in [-0.1, -0.05) is 0 Å². The third-order valence-electron chi connectivity index (χ3n) is 0. The maximum absolute atomic E-state index is 7.72. The van der Waals surface area contributed by atoms with Crippen molar-refractivity contribution in [2.45, 2.75) is 0 Å². The zero-order valence-corrected chi connectivity index (χ0v) is 16.3. The van der Waals surface area contributed by atoms with Crippen LogP contribution >= 0.6 is 23.7 Å². The maximum atomic E-state index is 7.72. The molecule has 0 fully saturated rings. The summed E-state index contributed by atoms with van der Waals surface area (Å²) in [5, 5.41) is 0. The standard InChI is InChI=1S/2ClO.Cs.Rb/c2*1-2;;/q2*-1;2*+1. The van der Waals surface area contributed by atoms with E-state index < -0.39 is 0 Å². The molecule has 28 valence electrons. The zero-order chi connectivity index (χ0) is 4.00. The van der Waals surface area contributed by atoms with Gasteiger partial charge in [-0.05, 0) is 0 Å². The van der Waals surface area contributed by atoms with E-state index >= 15 is 0 Å². The van der Waals surface area contributed by atoms with Gasteiger partial charge in [-0.3, -0.25) is 0 Å². The molecule has 0 radical (unpaired) electrons. The monoisotopic (exact) mass is 320 g/mol. The van der Waals surface area contributed by atoms with Crippen LogP contribution in [0.4, 0.5) is 0 Å². The summed E-state index contributed by atoms with van der Waals surface area (Å²) in [5.41, 5.74) is 0. The molecule has 0 atom stereocenters. The average Bonchev–Trinajstić information content (AvgIpc) is 1.50. The number of halogens is 2. The van der Waals surface area contributed by atoms with Crippen LogP contribution in [0.2, 0.25) is 0 Å². The van der Waals surface area contributed by atoms with Crippen LogP contribution in [0.15, 0.2) is 0 Å². The Labute approximate surface area is 155 Å². The summed E-state index contributed by atoms with van der Waals surface area (Å²) in [7, 11) is 0. The van der Waals surface area contributed by atoms with Gasteiger partial charge in [0.2, 0.25) is 0 Å². The van der Waals surface area contributed by atoms with Gasteiger partial charge in [0.25, 0.3) is 0 Å². The van der Waals surface area contributed by atoms with Gasteiger partial charge in [0.1, 0.15) is 0 Å². The Morgan fingerprint density at radius 1 is 0.833 bits per heavy atom. The molecule has 0 unspecified atom stereocenters. The summed E-state index contributed by atoms with van der Waals surface area (Å²) in [6, 6.07) is 0. The minimum Gasteiger partial charge on any atom is -0.769 e. The second-order valence-electron chi connectivity index (χ2n) is 0. The molecule has 0 rings (SSSR count). The van der Waals surface area contributed by atoms with Crippen molar-refractivity contribution < 1.29 is 136 Å². The first kappa shape index (κ1) is 22.4. The predicted octanol–water partition coefficient (Wildman–Crippen LogP) is -6.99. The number of hydrogen-bond donors (Lipinski definition) is 0. The van der Waals surface area contributed by atoms with Crippen LogP contribution < -0.4 is 136 Å². The fourth-order valence-electron chi connectivity index (χ4n) is 0. The van der Waals surface area contributed by atoms with Crippen LogP contribution in [-0.4, -0.2) is 0 Å². The Morgan fingerprint density at radius 3 is 0.833 bits per heavy atom. The van der Waals surface area contributed by atoms with E-state index in [-0.39, 0.29) is 127 Å². The summed E-state index contributed by atoms with van der Waals surface area (Å²) in [4.78, 5) is 0. The van der Waals surface area contributed by atoms with E-state index in [0.717, 1.165) is 0 Å². The second-order valence-corrected chi connectivity index (χ2v) is 0. The minimum atomic E-state index is 0. The molecule has 6 heavy (non-hydrogen) atoms. The SMILES string of the molecule is [Cs+].[O-]Cl.[O-]Cl.[Rb+]. The van der Waals surface area contributed by atoms with Crippen molar-refractivity contribution in [2.75, 3.05) is 0 Å². The third-order valence-corrected chi connectivity index (χ3v) is 0. The summed E-state index contributed by atoms with van der Waals surface area (Å²) in [5.74, 6) is 0. The Morgan fingerprint density at radius 2 is 0.833 bits per heavy atom. The Hall–Kier alpha value is 4.36. The van der Waals surface area contributed by atoms with E-state index in [2.05, 4.69) is 23.7 Å². The van der Waals surface area contributed by atoms with Crippen molar-refractivity contribution in [3.05, 3.63) is 0 Å². The van der Waals surface area contributed by atoms with Crippen molar-refractivity contribution in [1.29, 1.82) is 0 Å². The van der Waals surface area contributed by atoms with E-state index in [1.165, 1.54) is 0 Å². The summed E-state index contributed by atoms with van der Waals surface area (Å²) in [6.45, 7) is 0. The van der Waals surface area contributed by atoms with Gasteiger partial charge in [-0.25, -0.2) is 23.7 Å². The van der Waals surface area contributed by atoms with Crippen LogP contribution in [0.3, 0.4) is 0 Å². The average molecular weight is 321 g/mol. The molecule has 0 heterocycles. The van der Waals surface area contributed by atoms with Crippen LogP contribution in [0, 0.1) is 0 Å². The smallest absolute Gasteiger partial charge is 0.769 e. The molecule has 0 aliphatic carbocycles. The first-order valence-electron chi connectivity index (χ1n) is 0.309. The minimum absolute atomic E-state index is 0. The molecule has 6 heteroatoms. The molecule has 0 aromatic heterocycles. The van der Waals surface area contributed by atoms with E-state index in [9.17, 15) is 0 Å². The van der Waals surface area contributed by atoms with Crippen molar-refractivity contribution in [3.8, 4) is 0 Å². The maximum Gasteiger partial charge on any atom is 1.00 e. The molecule has 0 aromatic carbocycles. The molecule has 2 nitrogen and oxygen atoms in total. The second kappa shape index (κ2) is 34.4. The molecule has 0 bridgehead atoms. The molecule has 0 saturated carbocycles. The Bertz CT molecular complexity index is 11.5. The topological polar surface area (TPSA) is 46.1 Å². The Kier molecular flexibility index (Phi) is 129. The third kappa shape index (κ3) is 23.8. The number of rotatable bonds is 0. The molecule has 0 spiro atoms. The van der Waals surface area contributed by atoms with Crippen molar-refractivity contribution in [3.63, 3.8) is 0 Å². The fourth-order valence-corrected chi connectivity index (χ4v) is 0. The van der Waals surface area contributed by atoms with Crippen molar-refractivity contribution in [1.82, 2.24) is 0 Å². The molecular weight excluding hydrogens is 321 g/mol. The first-order valence-corrected chi connectivity index (χ1v) is 0.926. The summed E-state index contributed by atoms with van der Waals surface area (Å²) < 4.78 is 15.4. The van der Waals surface area contributed by atoms with Gasteiger partial charge in [0.15, 0.2) is 0 Å². The molecule has 0 aromatic rings. The van der Waals surface area contributed by atoms with Gasteiger partial charge in [0, 0.05) is 0 Å². The van der Waals surface area contributed by atoms with Crippen molar-refractivity contribution in [2.24, 2.45) is 0 Å². The van der Waals surface area contributed by atoms with Gasteiger partial charge < -0.3 is 9.32 Å². The molecule has 0 amide bonds. The van der Waals surface area contributed by atoms with Crippen LogP contribution in [0.5, 0.6) is 0 Å². The van der Waals surface area contributed by atoms with Gasteiger partial charge in [-0.2, -0.15) is 0 Å². The first-order chi connectivity index (χ1) is 2.00. The summed E-state index contributed by atoms with van der Waals surface area (Å²) in [6.07, 6.45) is 0. The van der Waals surface area contributed by atoms with Crippen molar-refractivity contribution >= 4 is 23.7 Å². The molecule has 0 aliphatic heterocycles. The Balaban J connectivity index is -0.00000000500. The van der Waals surface area contributed by atoms with E-state index in [0.29, 0.717) is 0 Å². The van der Waals surface area contributed by atoms with Crippen LogP contribution in [-0.2, 0) is 0 Å². The van der Waals surface area contributed by atoms with E-state index in [1.807, 2.05) is 0 Å². The molecule has 0 aliphatic rings. The van der Waals surface area contributed by atoms with E-state index in [4.69, 9.17) is 9.32 Å². The summed E-state index contributed by atoms with van der Waals surface area (Å²) >= 11 is 6.78. The van der Waals surface area contributed by atoms with Crippen LogP contribution in [0.25, 0.3) is 0 Å². The fraction of sp³-hybridized carbons (Fsp3) is 0. The molecule has 0 saturated heterocycles. The molecular formula is Cl2CsO2Rb. The zero-order valence-electron chi connectivity index (χ0n) is 3.57. The van der Waals surface area contributed by atoms with Gasteiger partial charge >= 0.3 is 127 Å². The molecule has 0 N–H and O–H groups in total. The normalized spacial score (nSPS) is 2.00. The van der Waals surface area contributed by atoms with Gasteiger partial charge in [0.05, 0.1) is 0 Å². The van der Waals surface area contributed by atoms with Gasteiger partial charge in [-0.15, -0.1) is 0 Å². The predicted molar refractivity (Wildman–Crippen MR) is 11.7 cm³/mol. The van der Waals surface area contributed by atoms with E-state index in [1.54, 1.807) is 0 Å². The quantitative estimate of drug-likeness (QED) is 0.445. The largest absolute Gasteiger partial charge is 1.00 e. The number of hydrogen-bond acceptors (Lipinski definition) is 2. The van der Waals surface area contributed by atoms with Crippen LogP contribution in [0.1, 0.15) is 0 Å².